The fourth-order valence-corrected chi connectivity index (χ4v) is 4.95. The van der Waals surface area contributed by atoms with Gasteiger partial charge in [-0.05, 0) is 75.3 Å². The Morgan fingerprint density at radius 3 is 2.13 bits per heavy atom. The first kappa shape index (κ1) is 20.5. The average Bonchev–Trinajstić information content (AvgIpc) is 3.39. The summed E-state index contributed by atoms with van der Waals surface area (Å²) in [7, 11) is 3.88. The summed E-state index contributed by atoms with van der Waals surface area (Å²) in [5.74, 6) is 0.169. The van der Waals surface area contributed by atoms with Crippen LogP contribution >= 0.6 is 11.3 Å². The average molecular weight is 419 g/mol. The zero-order chi connectivity index (χ0) is 21.4. The summed E-state index contributed by atoms with van der Waals surface area (Å²) in [6.07, 6.45) is 0.764. The lowest BCUT2D eigenvalue weighted by molar-refractivity contribution is 0.0871. The molecule has 0 bridgehead atoms. The van der Waals surface area contributed by atoms with Crippen molar-refractivity contribution < 1.29 is 9.59 Å². The normalized spacial score (nSPS) is 12.7. The molecule has 2 aromatic heterocycles. The van der Waals surface area contributed by atoms with Crippen LogP contribution < -0.4 is 0 Å². The molecule has 0 radical (unpaired) electrons. The van der Waals surface area contributed by atoms with Crippen molar-refractivity contribution in [1.82, 2.24) is 9.47 Å². The van der Waals surface area contributed by atoms with Gasteiger partial charge < -0.3 is 4.57 Å². The van der Waals surface area contributed by atoms with Gasteiger partial charge in [0.15, 0.2) is 5.78 Å². The van der Waals surface area contributed by atoms with Crippen molar-refractivity contribution in [2.24, 2.45) is 0 Å². The standard InChI is InChI=1S/C25H26N2O2S/c1-5-20(26(3)4)24(28)16-9-11-21-18(14-16)19-15-17(10-12-22(19)27(21)6-2)25(29)23-8-7-13-30-23/h7-15,20H,5-6H2,1-4H3. The lowest BCUT2D eigenvalue weighted by Gasteiger charge is -2.21. The number of ketones is 2. The van der Waals surface area contributed by atoms with Crippen LogP contribution in [-0.4, -0.2) is 41.2 Å². The van der Waals surface area contributed by atoms with Gasteiger partial charge in [-0.25, -0.2) is 0 Å². The molecule has 154 valence electrons. The summed E-state index contributed by atoms with van der Waals surface area (Å²) in [6, 6.07) is 15.5. The Labute approximate surface area is 180 Å². The Hall–Kier alpha value is -2.76. The monoisotopic (exact) mass is 418 g/mol. The van der Waals surface area contributed by atoms with Gasteiger partial charge in [-0.2, -0.15) is 0 Å². The number of likely N-dealkylation sites (N-methyl/N-ethyl adjacent to an activating group) is 1. The molecule has 0 saturated carbocycles. The molecule has 0 spiro atoms. The predicted octanol–water partition coefficient (Wildman–Crippen LogP) is 5.63. The van der Waals surface area contributed by atoms with Gasteiger partial charge >= 0.3 is 0 Å². The minimum Gasteiger partial charge on any atom is -0.341 e. The SMILES string of the molecule is CCC(C(=O)c1ccc2c(c1)c1cc(C(=O)c3cccs3)ccc1n2CC)N(C)C. The van der Waals surface area contributed by atoms with Gasteiger partial charge in [0.1, 0.15) is 0 Å². The molecule has 0 aliphatic carbocycles. The van der Waals surface area contributed by atoms with E-state index in [1.54, 1.807) is 0 Å². The molecular weight excluding hydrogens is 392 g/mol. The van der Waals surface area contributed by atoms with Crippen molar-refractivity contribution in [3.05, 3.63) is 69.9 Å². The van der Waals surface area contributed by atoms with Crippen molar-refractivity contribution >= 4 is 44.7 Å². The van der Waals surface area contributed by atoms with Crippen LogP contribution in [0.25, 0.3) is 21.8 Å². The summed E-state index contributed by atoms with van der Waals surface area (Å²) in [4.78, 5) is 28.7. The fourth-order valence-electron chi connectivity index (χ4n) is 4.27. The quantitative estimate of drug-likeness (QED) is 0.365. The molecule has 4 nitrogen and oxygen atoms in total. The van der Waals surface area contributed by atoms with Crippen LogP contribution in [0.4, 0.5) is 0 Å². The number of nitrogens with zero attached hydrogens (tertiary/aromatic N) is 2. The van der Waals surface area contributed by atoms with Crippen LogP contribution in [-0.2, 0) is 6.54 Å². The van der Waals surface area contributed by atoms with Gasteiger partial charge in [-0.15, -0.1) is 11.3 Å². The Balaban J connectivity index is 1.89. The number of aryl methyl sites for hydroxylation is 1. The highest BCUT2D eigenvalue weighted by Crippen LogP contribution is 2.32. The van der Waals surface area contributed by atoms with Gasteiger partial charge in [0.25, 0.3) is 0 Å². The summed E-state index contributed by atoms with van der Waals surface area (Å²) in [6.45, 7) is 4.97. The second-order valence-electron chi connectivity index (χ2n) is 7.77. The maximum atomic E-state index is 13.1. The number of carbonyl (C=O) groups excluding carboxylic acids is 2. The van der Waals surface area contributed by atoms with Gasteiger partial charge in [0.05, 0.1) is 10.9 Å². The van der Waals surface area contributed by atoms with Crippen molar-refractivity contribution in [2.45, 2.75) is 32.9 Å². The summed E-state index contributed by atoms with van der Waals surface area (Å²) in [5.41, 5.74) is 3.56. The highest BCUT2D eigenvalue weighted by molar-refractivity contribution is 7.12. The Morgan fingerprint density at radius 2 is 1.60 bits per heavy atom. The van der Waals surface area contributed by atoms with Gasteiger partial charge in [-0.1, -0.05) is 13.0 Å². The second kappa shape index (κ2) is 8.17. The van der Waals surface area contributed by atoms with Crippen molar-refractivity contribution in [3.63, 3.8) is 0 Å². The number of hydrogen-bond donors (Lipinski definition) is 0. The Kier molecular flexibility index (Phi) is 5.58. The van der Waals surface area contributed by atoms with E-state index in [1.807, 2.05) is 79.8 Å². The first-order valence-corrected chi connectivity index (χ1v) is 11.2. The zero-order valence-corrected chi connectivity index (χ0v) is 18.6. The molecule has 0 fully saturated rings. The van der Waals surface area contributed by atoms with E-state index in [0.29, 0.717) is 11.1 Å². The van der Waals surface area contributed by atoms with Crippen molar-refractivity contribution in [2.75, 3.05) is 14.1 Å². The molecule has 0 N–H and O–H groups in total. The molecule has 30 heavy (non-hydrogen) atoms. The number of carbonyl (C=O) groups is 2. The fraction of sp³-hybridized carbons (Fsp3) is 0.280. The zero-order valence-electron chi connectivity index (χ0n) is 17.8. The third kappa shape index (κ3) is 3.38. The topological polar surface area (TPSA) is 42.3 Å². The number of rotatable bonds is 7. The molecule has 0 aliphatic rings. The maximum absolute atomic E-state index is 13.1. The lowest BCUT2D eigenvalue weighted by Crippen LogP contribution is -2.35. The lowest BCUT2D eigenvalue weighted by atomic mass is 9.99. The van der Waals surface area contributed by atoms with Crippen molar-refractivity contribution in [1.29, 1.82) is 0 Å². The molecule has 1 atom stereocenters. The van der Waals surface area contributed by atoms with Crippen LogP contribution in [0.15, 0.2) is 53.9 Å². The van der Waals surface area contributed by atoms with E-state index < -0.39 is 0 Å². The largest absolute Gasteiger partial charge is 0.341 e. The van der Waals surface area contributed by atoms with E-state index in [4.69, 9.17) is 0 Å². The molecule has 0 amide bonds. The third-order valence-corrected chi connectivity index (χ3v) is 6.65. The van der Waals surface area contributed by atoms with Gasteiger partial charge in [0, 0.05) is 39.5 Å². The smallest absolute Gasteiger partial charge is 0.202 e. The number of benzene rings is 2. The molecule has 0 aliphatic heterocycles. The summed E-state index contributed by atoms with van der Waals surface area (Å²) >= 11 is 1.46. The number of thiophene rings is 1. The van der Waals surface area contributed by atoms with E-state index in [0.717, 1.165) is 39.6 Å². The first-order valence-electron chi connectivity index (χ1n) is 10.3. The maximum Gasteiger partial charge on any atom is 0.202 e. The van der Waals surface area contributed by atoms with Crippen LogP contribution in [0.2, 0.25) is 0 Å². The highest BCUT2D eigenvalue weighted by atomic mass is 32.1. The van der Waals surface area contributed by atoms with Crippen LogP contribution in [0.3, 0.4) is 0 Å². The van der Waals surface area contributed by atoms with Gasteiger partial charge in [-0.3, -0.25) is 14.5 Å². The second-order valence-corrected chi connectivity index (χ2v) is 8.71. The van der Waals surface area contributed by atoms with E-state index >= 15 is 0 Å². The molecule has 5 heteroatoms. The molecule has 0 saturated heterocycles. The number of aromatic nitrogens is 1. The number of hydrogen-bond acceptors (Lipinski definition) is 4. The van der Waals surface area contributed by atoms with Crippen LogP contribution in [0.5, 0.6) is 0 Å². The Bertz CT molecular complexity index is 1240. The van der Waals surface area contributed by atoms with Crippen molar-refractivity contribution in [3.8, 4) is 0 Å². The minimum atomic E-state index is -0.141. The molecule has 2 aromatic carbocycles. The molecule has 1 unspecified atom stereocenters. The Morgan fingerprint density at radius 1 is 0.967 bits per heavy atom. The minimum absolute atomic E-state index is 0.0372. The van der Waals surface area contributed by atoms with Crippen LogP contribution in [0.1, 0.15) is 45.9 Å². The highest BCUT2D eigenvalue weighted by Gasteiger charge is 2.22. The summed E-state index contributed by atoms with van der Waals surface area (Å²) < 4.78 is 2.24. The van der Waals surface area contributed by atoms with E-state index in [-0.39, 0.29) is 17.6 Å². The molecule has 2 heterocycles. The molecular formula is C25H26N2O2S. The number of Topliss-reactive ketones (excluding diaryl/α,β-unsaturated/α-hetero) is 1. The third-order valence-electron chi connectivity index (χ3n) is 5.79. The summed E-state index contributed by atoms with van der Waals surface area (Å²) in [5, 5.41) is 3.95. The van der Waals surface area contributed by atoms with E-state index in [1.165, 1.54) is 11.3 Å². The van der Waals surface area contributed by atoms with Gasteiger partial charge in [0.2, 0.25) is 5.78 Å². The molecule has 4 rings (SSSR count). The van der Waals surface area contributed by atoms with E-state index in [2.05, 4.69) is 11.5 Å². The predicted molar refractivity (Wildman–Crippen MR) is 125 cm³/mol. The number of fused-ring (bicyclic) bond motifs is 3. The van der Waals surface area contributed by atoms with E-state index in [9.17, 15) is 9.59 Å². The molecule has 4 aromatic rings. The first-order chi connectivity index (χ1) is 14.5. The van der Waals surface area contributed by atoms with Crippen LogP contribution in [0, 0.1) is 0 Å².